The first-order valence-electron chi connectivity index (χ1n) is 7.70. The molecule has 2 aromatic carbocycles. The van der Waals surface area contributed by atoms with Gasteiger partial charge >= 0.3 is 5.97 Å². The fourth-order valence-electron chi connectivity index (χ4n) is 2.38. The molecule has 1 amide bonds. The first kappa shape index (κ1) is 19.5. The number of hydrogen-bond acceptors (Lipinski definition) is 5. The molecule has 0 aliphatic heterocycles. The Morgan fingerprint density at radius 1 is 1.04 bits per heavy atom. The molecule has 2 rings (SSSR count). The van der Waals surface area contributed by atoms with E-state index in [2.05, 4.69) is 14.8 Å². The average Bonchev–Trinajstić information content (AvgIpc) is 2.56. The molecule has 0 radical (unpaired) electrons. The topological polar surface area (TPSA) is 102 Å². The quantitative estimate of drug-likeness (QED) is 0.781. The van der Waals surface area contributed by atoms with Crippen molar-refractivity contribution in [1.82, 2.24) is 0 Å². The van der Waals surface area contributed by atoms with Gasteiger partial charge in [0.05, 0.1) is 24.6 Å². The number of anilines is 2. The molecule has 0 fully saturated rings. The molecule has 0 spiro atoms. The molecule has 0 saturated carbocycles. The monoisotopic (exact) mass is 376 g/mol. The number of aryl methyl sites for hydroxylation is 1. The van der Waals surface area contributed by atoms with E-state index >= 15 is 0 Å². The smallest absolute Gasteiger partial charge is 0.337 e. The number of nitrogens with one attached hydrogen (secondary N) is 2. The number of esters is 1. The summed E-state index contributed by atoms with van der Waals surface area (Å²) in [6, 6.07) is 9.61. The van der Waals surface area contributed by atoms with Crippen molar-refractivity contribution in [1.29, 1.82) is 0 Å². The van der Waals surface area contributed by atoms with Gasteiger partial charge < -0.3 is 10.1 Å². The Hall–Kier alpha value is -2.87. The first-order valence-corrected chi connectivity index (χ1v) is 9.59. The summed E-state index contributed by atoms with van der Waals surface area (Å²) in [4.78, 5) is 24.3. The van der Waals surface area contributed by atoms with Gasteiger partial charge in [0.2, 0.25) is 10.0 Å². The number of benzene rings is 2. The van der Waals surface area contributed by atoms with Gasteiger partial charge in [-0.05, 0) is 49.2 Å². The summed E-state index contributed by atoms with van der Waals surface area (Å²) in [7, 11) is -2.18. The third-order valence-corrected chi connectivity index (χ3v) is 4.37. The number of hydrogen-bond donors (Lipinski definition) is 2. The molecule has 0 aliphatic rings. The number of methoxy groups -OCH3 is 1. The van der Waals surface area contributed by atoms with Crippen LogP contribution in [-0.4, -0.2) is 33.7 Å². The molecule has 0 unspecified atom stereocenters. The van der Waals surface area contributed by atoms with Crippen molar-refractivity contribution >= 4 is 33.3 Å². The Morgan fingerprint density at radius 3 is 2.35 bits per heavy atom. The molecule has 138 valence electrons. The van der Waals surface area contributed by atoms with E-state index in [9.17, 15) is 18.0 Å². The fraction of sp³-hybridized carbons (Fsp3) is 0.222. The minimum absolute atomic E-state index is 0.317. The fourth-order valence-corrected chi connectivity index (χ4v) is 3.00. The molecule has 0 aromatic heterocycles. The molecule has 8 heteroatoms. The Kier molecular flexibility index (Phi) is 5.66. The molecular formula is C18H20N2O5S. The van der Waals surface area contributed by atoms with E-state index in [1.807, 2.05) is 0 Å². The summed E-state index contributed by atoms with van der Waals surface area (Å²) in [6.07, 6.45) is 1.04. The van der Waals surface area contributed by atoms with Crippen LogP contribution < -0.4 is 10.0 Å². The summed E-state index contributed by atoms with van der Waals surface area (Å²) in [5.41, 5.74) is 2.71. The molecule has 26 heavy (non-hydrogen) atoms. The van der Waals surface area contributed by atoms with Crippen molar-refractivity contribution in [3.63, 3.8) is 0 Å². The number of sulfonamides is 1. The van der Waals surface area contributed by atoms with Gasteiger partial charge in [0.25, 0.3) is 5.91 Å². The second-order valence-corrected chi connectivity index (χ2v) is 7.58. The zero-order valence-electron chi connectivity index (χ0n) is 14.9. The number of amides is 1. The van der Waals surface area contributed by atoms with Crippen molar-refractivity contribution in [3.8, 4) is 0 Å². The molecule has 7 nitrogen and oxygen atoms in total. The highest BCUT2D eigenvalue weighted by atomic mass is 32.2. The summed E-state index contributed by atoms with van der Waals surface area (Å²) < 4.78 is 30.0. The molecule has 0 atom stereocenters. The first-order chi connectivity index (χ1) is 12.1. The van der Waals surface area contributed by atoms with Gasteiger partial charge in [-0.3, -0.25) is 9.52 Å². The van der Waals surface area contributed by atoms with Gasteiger partial charge in [0.1, 0.15) is 0 Å². The van der Waals surface area contributed by atoms with Crippen LogP contribution in [0, 0.1) is 13.8 Å². The Labute approximate surface area is 152 Å². The minimum Gasteiger partial charge on any atom is -0.465 e. The van der Waals surface area contributed by atoms with E-state index in [0.29, 0.717) is 28.1 Å². The molecule has 0 heterocycles. The largest absolute Gasteiger partial charge is 0.465 e. The van der Waals surface area contributed by atoms with Gasteiger partial charge in [-0.15, -0.1) is 0 Å². The lowest BCUT2D eigenvalue weighted by molar-refractivity contribution is 0.0600. The van der Waals surface area contributed by atoms with E-state index < -0.39 is 21.9 Å². The van der Waals surface area contributed by atoms with E-state index in [1.165, 1.54) is 13.2 Å². The molecule has 0 bridgehead atoms. The van der Waals surface area contributed by atoms with Crippen LogP contribution in [0.3, 0.4) is 0 Å². The SMILES string of the molecule is COC(=O)c1ccc(C)c(NC(=O)c2cccc(NS(C)(=O)=O)c2C)c1. The number of rotatable bonds is 5. The predicted octanol–water partition coefficient (Wildman–Crippen LogP) is 2.71. The lowest BCUT2D eigenvalue weighted by Crippen LogP contribution is -2.17. The summed E-state index contributed by atoms with van der Waals surface area (Å²) in [6.45, 7) is 3.45. The van der Waals surface area contributed by atoms with Crippen molar-refractivity contribution in [2.45, 2.75) is 13.8 Å². The van der Waals surface area contributed by atoms with E-state index in [4.69, 9.17) is 0 Å². The predicted molar refractivity (Wildman–Crippen MR) is 100 cm³/mol. The van der Waals surface area contributed by atoms with Crippen LogP contribution in [0.1, 0.15) is 31.8 Å². The average molecular weight is 376 g/mol. The molecular weight excluding hydrogens is 356 g/mol. The molecule has 0 saturated heterocycles. The van der Waals surface area contributed by atoms with Gasteiger partial charge in [-0.25, -0.2) is 13.2 Å². The Bertz CT molecular complexity index is 968. The molecule has 2 aromatic rings. The highest BCUT2D eigenvalue weighted by molar-refractivity contribution is 7.92. The van der Waals surface area contributed by atoms with E-state index in [-0.39, 0.29) is 0 Å². The van der Waals surface area contributed by atoms with Crippen molar-refractivity contribution in [2.24, 2.45) is 0 Å². The Morgan fingerprint density at radius 2 is 1.73 bits per heavy atom. The number of carbonyl (C=O) groups excluding carboxylic acids is 2. The number of ether oxygens (including phenoxy) is 1. The van der Waals surface area contributed by atoms with Crippen LogP contribution in [-0.2, 0) is 14.8 Å². The maximum absolute atomic E-state index is 12.7. The minimum atomic E-state index is -3.46. The van der Waals surface area contributed by atoms with E-state index in [1.54, 1.807) is 44.2 Å². The van der Waals surface area contributed by atoms with Crippen LogP contribution in [0.15, 0.2) is 36.4 Å². The Balaban J connectivity index is 2.34. The zero-order valence-corrected chi connectivity index (χ0v) is 15.7. The lowest BCUT2D eigenvalue weighted by Gasteiger charge is -2.14. The second-order valence-electron chi connectivity index (χ2n) is 5.83. The molecule has 2 N–H and O–H groups in total. The van der Waals surface area contributed by atoms with Crippen molar-refractivity contribution < 1.29 is 22.7 Å². The van der Waals surface area contributed by atoms with Gasteiger partial charge in [-0.2, -0.15) is 0 Å². The summed E-state index contributed by atoms with van der Waals surface area (Å²) in [5.74, 6) is -0.916. The van der Waals surface area contributed by atoms with Crippen molar-refractivity contribution in [3.05, 3.63) is 58.7 Å². The van der Waals surface area contributed by atoms with Gasteiger partial charge in [-0.1, -0.05) is 12.1 Å². The summed E-state index contributed by atoms with van der Waals surface area (Å²) in [5, 5.41) is 2.75. The highest BCUT2D eigenvalue weighted by Crippen LogP contribution is 2.23. The van der Waals surface area contributed by atoms with Gasteiger partial charge in [0, 0.05) is 11.3 Å². The normalized spacial score (nSPS) is 10.9. The third kappa shape index (κ3) is 4.60. The second kappa shape index (κ2) is 7.57. The molecule has 0 aliphatic carbocycles. The zero-order chi connectivity index (χ0) is 19.5. The van der Waals surface area contributed by atoms with Crippen LogP contribution in [0.2, 0.25) is 0 Å². The van der Waals surface area contributed by atoms with Crippen LogP contribution in [0.5, 0.6) is 0 Å². The van der Waals surface area contributed by atoms with E-state index in [0.717, 1.165) is 11.8 Å². The third-order valence-electron chi connectivity index (χ3n) is 3.78. The lowest BCUT2D eigenvalue weighted by atomic mass is 10.1. The van der Waals surface area contributed by atoms with Crippen LogP contribution in [0.25, 0.3) is 0 Å². The van der Waals surface area contributed by atoms with Crippen LogP contribution in [0.4, 0.5) is 11.4 Å². The summed E-state index contributed by atoms with van der Waals surface area (Å²) >= 11 is 0. The van der Waals surface area contributed by atoms with Gasteiger partial charge in [0.15, 0.2) is 0 Å². The maximum atomic E-state index is 12.7. The van der Waals surface area contributed by atoms with Crippen LogP contribution >= 0.6 is 0 Å². The highest BCUT2D eigenvalue weighted by Gasteiger charge is 2.16. The number of carbonyl (C=O) groups is 2. The maximum Gasteiger partial charge on any atom is 0.337 e. The van der Waals surface area contributed by atoms with Crippen molar-refractivity contribution in [2.75, 3.05) is 23.4 Å². The standard InChI is InChI=1S/C18H20N2O5S/c1-11-8-9-13(18(22)25-3)10-16(11)19-17(21)14-6-5-7-15(12(14)2)20-26(4,23)24/h5-10,20H,1-4H3,(H,19,21).